The van der Waals surface area contributed by atoms with Gasteiger partial charge in [-0.25, -0.2) is 4.79 Å². The smallest absolute Gasteiger partial charge is 0.338 e. The quantitative estimate of drug-likeness (QED) is 0.629. The van der Waals surface area contributed by atoms with Gasteiger partial charge in [0.05, 0.1) is 5.56 Å². The molecule has 1 saturated heterocycles. The van der Waals surface area contributed by atoms with Crippen molar-refractivity contribution in [1.29, 1.82) is 0 Å². The number of aliphatic hydroxyl groups excluding tert-OH is 1. The first kappa shape index (κ1) is 20.3. The molecule has 1 fully saturated rings. The molecule has 1 aliphatic heterocycles. The molecule has 2 unspecified atom stereocenters. The predicted molar refractivity (Wildman–Crippen MR) is 111 cm³/mol. The van der Waals surface area contributed by atoms with Crippen LogP contribution in [0.2, 0.25) is 0 Å². The first-order valence-corrected chi connectivity index (χ1v) is 9.85. The number of carbonyl (C=O) groups excluding carboxylic acids is 1. The van der Waals surface area contributed by atoms with Crippen LogP contribution in [0.4, 0.5) is 0 Å². The molecule has 3 aromatic carbocycles. The summed E-state index contributed by atoms with van der Waals surface area (Å²) in [6, 6.07) is 22.3. The highest BCUT2D eigenvalue weighted by Gasteiger charge is 2.49. The minimum Gasteiger partial charge on any atom is -0.484 e. The number of hydrogen-bond acceptors (Lipinski definition) is 6. The molecule has 0 saturated carbocycles. The summed E-state index contributed by atoms with van der Waals surface area (Å²) in [5, 5.41) is 12.7. The van der Waals surface area contributed by atoms with E-state index in [0.29, 0.717) is 11.3 Å². The fourth-order valence-corrected chi connectivity index (χ4v) is 3.69. The molecule has 0 spiro atoms. The van der Waals surface area contributed by atoms with E-state index < -0.39 is 36.7 Å². The monoisotopic (exact) mass is 408 g/mol. The van der Waals surface area contributed by atoms with Crippen LogP contribution in [0, 0.1) is 0 Å². The minimum absolute atomic E-state index is 0.442. The highest BCUT2D eigenvalue weighted by molar-refractivity contribution is 5.89. The third-order valence-corrected chi connectivity index (χ3v) is 5.24. The second-order valence-corrected chi connectivity index (χ2v) is 7.23. The Morgan fingerprint density at radius 2 is 1.70 bits per heavy atom. The van der Waals surface area contributed by atoms with Gasteiger partial charge in [-0.15, -0.1) is 0 Å². The van der Waals surface area contributed by atoms with Crippen molar-refractivity contribution in [1.82, 2.24) is 0 Å². The minimum atomic E-state index is -1.04. The van der Waals surface area contributed by atoms with E-state index in [9.17, 15) is 9.90 Å². The standard InChI is InChI=1S/C24H24O6/c1-15(28-23(26)17-10-4-3-5-11-17)21-22(20(25)24(27-2)30-21)29-19-14-8-12-16-9-6-7-13-18(16)19/h3-15,20-22,24-25H,1-2H3/t15?,20-,21-,22+,24?/m1/s1. The van der Waals surface area contributed by atoms with Crippen LogP contribution in [0.1, 0.15) is 17.3 Å². The van der Waals surface area contributed by atoms with Gasteiger partial charge >= 0.3 is 5.97 Å². The van der Waals surface area contributed by atoms with E-state index in [-0.39, 0.29) is 0 Å². The molecule has 6 nitrogen and oxygen atoms in total. The fraction of sp³-hybridized carbons (Fsp3) is 0.292. The van der Waals surface area contributed by atoms with E-state index in [1.54, 1.807) is 31.2 Å². The van der Waals surface area contributed by atoms with E-state index in [2.05, 4.69) is 0 Å². The van der Waals surface area contributed by atoms with Crippen molar-refractivity contribution in [3.63, 3.8) is 0 Å². The summed E-state index contributed by atoms with van der Waals surface area (Å²) in [6.45, 7) is 1.72. The molecule has 156 valence electrons. The predicted octanol–water partition coefficient (Wildman–Crippen LogP) is 3.56. The molecule has 0 amide bonds. The van der Waals surface area contributed by atoms with Crippen molar-refractivity contribution in [3.05, 3.63) is 78.4 Å². The Morgan fingerprint density at radius 3 is 2.47 bits per heavy atom. The van der Waals surface area contributed by atoms with Gasteiger partial charge in [-0.05, 0) is 30.5 Å². The zero-order chi connectivity index (χ0) is 21.1. The number of carbonyl (C=O) groups is 1. The van der Waals surface area contributed by atoms with E-state index in [1.807, 2.05) is 48.5 Å². The maximum absolute atomic E-state index is 12.5. The van der Waals surface area contributed by atoms with Crippen molar-refractivity contribution in [3.8, 4) is 5.75 Å². The molecular weight excluding hydrogens is 384 g/mol. The Morgan fingerprint density at radius 1 is 1.00 bits per heavy atom. The number of aliphatic hydroxyl groups is 1. The number of methoxy groups -OCH3 is 1. The van der Waals surface area contributed by atoms with Gasteiger partial charge in [0.25, 0.3) is 0 Å². The molecule has 0 aromatic heterocycles. The third kappa shape index (κ3) is 4.03. The summed E-state index contributed by atoms with van der Waals surface area (Å²) in [7, 11) is 1.45. The second kappa shape index (κ2) is 8.83. The summed E-state index contributed by atoms with van der Waals surface area (Å²) < 4.78 is 22.9. The lowest BCUT2D eigenvalue weighted by molar-refractivity contribution is -0.162. The van der Waals surface area contributed by atoms with Crippen molar-refractivity contribution in [2.75, 3.05) is 7.11 Å². The van der Waals surface area contributed by atoms with Gasteiger partial charge in [-0.2, -0.15) is 0 Å². The molecule has 0 aliphatic carbocycles. The van der Waals surface area contributed by atoms with Crippen LogP contribution in [0.5, 0.6) is 5.75 Å². The van der Waals surface area contributed by atoms with Gasteiger partial charge in [-0.3, -0.25) is 0 Å². The number of ether oxygens (including phenoxy) is 4. The van der Waals surface area contributed by atoms with E-state index in [4.69, 9.17) is 18.9 Å². The molecule has 6 heteroatoms. The Hall–Kier alpha value is -2.93. The van der Waals surface area contributed by atoms with Gasteiger partial charge in [0.15, 0.2) is 12.4 Å². The van der Waals surface area contributed by atoms with E-state index >= 15 is 0 Å². The molecular formula is C24H24O6. The number of esters is 1. The third-order valence-electron chi connectivity index (χ3n) is 5.24. The Kier molecular flexibility index (Phi) is 5.99. The first-order valence-electron chi connectivity index (χ1n) is 9.85. The van der Waals surface area contributed by atoms with Crippen molar-refractivity contribution in [2.45, 2.75) is 37.6 Å². The van der Waals surface area contributed by atoms with Crippen molar-refractivity contribution in [2.24, 2.45) is 0 Å². The van der Waals surface area contributed by atoms with E-state index in [0.717, 1.165) is 10.8 Å². The fourth-order valence-electron chi connectivity index (χ4n) is 3.69. The average Bonchev–Trinajstić information content (AvgIpc) is 3.10. The molecule has 1 N–H and O–H groups in total. The van der Waals surface area contributed by atoms with Crippen LogP contribution >= 0.6 is 0 Å². The van der Waals surface area contributed by atoms with Gasteiger partial charge in [0, 0.05) is 12.5 Å². The number of benzene rings is 3. The molecule has 4 rings (SSSR count). The first-order chi connectivity index (χ1) is 14.6. The lowest BCUT2D eigenvalue weighted by Gasteiger charge is -2.26. The summed E-state index contributed by atoms with van der Waals surface area (Å²) >= 11 is 0. The van der Waals surface area contributed by atoms with Crippen molar-refractivity contribution < 1.29 is 28.8 Å². The zero-order valence-electron chi connectivity index (χ0n) is 16.8. The lowest BCUT2D eigenvalue weighted by Crippen LogP contribution is -2.43. The SMILES string of the molecule is COC1O[C@H](C(C)OC(=O)c2ccccc2)[C@@H](Oc2cccc3ccccc23)[C@H]1O. The van der Waals surface area contributed by atoms with Crippen LogP contribution in [0.15, 0.2) is 72.8 Å². The highest BCUT2D eigenvalue weighted by Crippen LogP contribution is 2.33. The van der Waals surface area contributed by atoms with Crippen LogP contribution in [0.25, 0.3) is 10.8 Å². The average molecular weight is 408 g/mol. The van der Waals surface area contributed by atoms with Crippen molar-refractivity contribution >= 4 is 16.7 Å². The maximum Gasteiger partial charge on any atom is 0.338 e. The maximum atomic E-state index is 12.5. The number of rotatable bonds is 6. The zero-order valence-corrected chi connectivity index (χ0v) is 16.8. The second-order valence-electron chi connectivity index (χ2n) is 7.23. The molecule has 1 aliphatic rings. The van der Waals surface area contributed by atoms with Crippen LogP contribution in [-0.2, 0) is 14.2 Å². The number of hydrogen-bond donors (Lipinski definition) is 1. The molecule has 30 heavy (non-hydrogen) atoms. The lowest BCUT2D eigenvalue weighted by atomic mass is 10.1. The highest BCUT2D eigenvalue weighted by atomic mass is 16.7. The largest absolute Gasteiger partial charge is 0.484 e. The van der Waals surface area contributed by atoms with Crippen LogP contribution < -0.4 is 4.74 Å². The number of fused-ring (bicyclic) bond motifs is 1. The van der Waals surface area contributed by atoms with Gasteiger partial charge in [0.1, 0.15) is 24.1 Å². The topological polar surface area (TPSA) is 74.2 Å². The summed E-state index contributed by atoms with van der Waals surface area (Å²) in [5.74, 6) is 0.148. The Labute approximate surface area is 174 Å². The normalized spacial score (nSPS) is 24.5. The molecule has 3 aromatic rings. The van der Waals surface area contributed by atoms with Gasteiger partial charge < -0.3 is 24.1 Å². The summed E-state index contributed by atoms with van der Waals surface area (Å²) in [5.41, 5.74) is 0.442. The molecule has 0 bridgehead atoms. The Balaban J connectivity index is 1.57. The van der Waals surface area contributed by atoms with Gasteiger partial charge in [-0.1, -0.05) is 54.6 Å². The molecule has 1 heterocycles. The van der Waals surface area contributed by atoms with Crippen LogP contribution in [-0.4, -0.2) is 48.9 Å². The summed E-state index contributed by atoms with van der Waals surface area (Å²) in [6.07, 6.45) is -4.09. The van der Waals surface area contributed by atoms with E-state index in [1.165, 1.54) is 7.11 Å². The Bertz CT molecular complexity index is 1000. The molecule has 5 atom stereocenters. The summed E-state index contributed by atoms with van der Waals surface area (Å²) in [4.78, 5) is 12.5. The van der Waals surface area contributed by atoms with Crippen LogP contribution in [0.3, 0.4) is 0 Å². The van der Waals surface area contributed by atoms with Gasteiger partial charge in [0.2, 0.25) is 0 Å². The molecule has 0 radical (unpaired) electrons.